The predicted molar refractivity (Wildman–Crippen MR) is 106 cm³/mol. The fourth-order valence-corrected chi connectivity index (χ4v) is 4.40. The summed E-state index contributed by atoms with van der Waals surface area (Å²) in [7, 11) is 2.95. The number of Topliss-reactive ketones (excluding diaryl/α,β-unsaturated/α-hetero) is 1. The van der Waals surface area contributed by atoms with E-state index >= 15 is 0 Å². The van der Waals surface area contributed by atoms with Gasteiger partial charge in [0.15, 0.2) is 5.78 Å². The smallest absolute Gasteiger partial charge is 0.293 e. The van der Waals surface area contributed by atoms with Crippen molar-refractivity contribution in [2.24, 2.45) is 25.0 Å². The van der Waals surface area contributed by atoms with Crippen LogP contribution in [0.4, 0.5) is 10.2 Å². The molecular formula is C22H16FN3O3. The predicted octanol–water partition coefficient (Wildman–Crippen LogP) is 2.30. The number of hydrogen-bond acceptors (Lipinski definition) is 4. The highest BCUT2D eigenvalue weighted by molar-refractivity contribution is 6.30. The topological polar surface area (TPSA) is 73.4 Å². The monoisotopic (exact) mass is 389 g/mol. The van der Waals surface area contributed by atoms with Gasteiger partial charge < -0.3 is 0 Å². The first-order valence-electron chi connectivity index (χ1n) is 9.17. The minimum atomic E-state index is -0.699. The lowest BCUT2D eigenvalue weighted by atomic mass is 9.76. The second-order valence-corrected chi connectivity index (χ2v) is 7.36. The molecule has 2 unspecified atom stereocenters. The third-order valence-corrected chi connectivity index (χ3v) is 5.81. The van der Waals surface area contributed by atoms with E-state index in [4.69, 9.17) is 0 Å². The van der Waals surface area contributed by atoms with Gasteiger partial charge in [0.1, 0.15) is 11.6 Å². The van der Waals surface area contributed by atoms with Crippen molar-refractivity contribution in [1.82, 2.24) is 9.13 Å². The van der Waals surface area contributed by atoms with Gasteiger partial charge in [-0.1, -0.05) is 36.4 Å². The minimum Gasteiger partial charge on any atom is -0.293 e. The molecule has 0 fully saturated rings. The number of carbonyl (C=O) groups excluding carboxylic acids is 1. The Kier molecular flexibility index (Phi) is 3.58. The van der Waals surface area contributed by atoms with Crippen molar-refractivity contribution in [1.29, 1.82) is 0 Å². The zero-order valence-corrected chi connectivity index (χ0v) is 15.7. The highest BCUT2D eigenvalue weighted by atomic mass is 19.1. The molecule has 2 aliphatic rings. The normalized spacial score (nSPS) is 19.4. The molecule has 0 spiro atoms. The van der Waals surface area contributed by atoms with Crippen LogP contribution in [-0.2, 0) is 14.1 Å². The summed E-state index contributed by atoms with van der Waals surface area (Å²) >= 11 is 0. The van der Waals surface area contributed by atoms with Gasteiger partial charge in [-0.2, -0.15) is 0 Å². The summed E-state index contributed by atoms with van der Waals surface area (Å²) in [5, 5.41) is 0. The molecule has 3 aromatic rings. The molecule has 1 aliphatic heterocycles. The highest BCUT2D eigenvalue weighted by Gasteiger charge is 2.47. The molecule has 5 rings (SSSR count). The fourth-order valence-electron chi connectivity index (χ4n) is 4.40. The number of benzene rings is 2. The van der Waals surface area contributed by atoms with Crippen LogP contribution in [0.2, 0.25) is 0 Å². The fraction of sp³-hybridized carbons (Fsp3) is 0.182. The number of carbonyl (C=O) groups is 1. The largest absolute Gasteiger partial charge is 0.332 e. The van der Waals surface area contributed by atoms with E-state index in [2.05, 4.69) is 4.99 Å². The zero-order valence-electron chi connectivity index (χ0n) is 15.7. The SMILES string of the molecule is Cn1c2c(c(=O)n(C)c1=O)C(c1ccc(F)cc1)C1C(=O)c3ccccc3C1=N2. The van der Waals surface area contributed by atoms with Crippen LogP contribution in [0, 0.1) is 11.7 Å². The average molecular weight is 389 g/mol. The lowest BCUT2D eigenvalue weighted by Gasteiger charge is -2.29. The van der Waals surface area contributed by atoms with E-state index in [0.29, 0.717) is 22.4 Å². The van der Waals surface area contributed by atoms with E-state index in [1.165, 1.54) is 23.7 Å². The van der Waals surface area contributed by atoms with Crippen LogP contribution in [0.5, 0.6) is 0 Å². The van der Waals surface area contributed by atoms with Crippen LogP contribution in [0.25, 0.3) is 0 Å². The maximum absolute atomic E-state index is 13.6. The van der Waals surface area contributed by atoms with Crippen LogP contribution in [0.15, 0.2) is 63.1 Å². The molecule has 29 heavy (non-hydrogen) atoms. The molecule has 6 nitrogen and oxygen atoms in total. The Morgan fingerprint density at radius 3 is 2.21 bits per heavy atom. The molecule has 2 aromatic carbocycles. The first kappa shape index (κ1) is 17.5. The van der Waals surface area contributed by atoms with Gasteiger partial charge in [-0.25, -0.2) is 14.2 Å². The number of nitrogens with zero attached hydrogens (tertiary/aromatic N) is 3. The summed E-state index contributed by atoms with van der Waals surface area (Å²) < 4.78 is 15.9. The van der Waals surface area contributed by atoms with Crippen LogP contribution >= 0.6 is 0 Å². The van der Waals surface area contributed by atoms with Crippen molar-refractivity contribution in [2.75, 3.05) is 0 Å². The minimum absolute atomic E-state index is 0.129. The molecule has 0 bridgehead atoms. The quantitative estimate of drug-likeness (QED) is 0.641. The molecule has 2 heterocycles. The van der Waals surface area contributed by atoms with E-state index in [0.717, 1.165) is 4.57 Å². The Labute approximate surface area is 164 Å². The highest BCUT2D eigenvalue weighted by Crippen LogP contribution is 2.46. The van der Waals surface area contributed by atoms with E-state index in [1.54, 1.807) is 31.3 Å². The molecule has 1 aromatic heterocycles. The molecule has 144 valence electrons. The molecule has 0 amide bonds. The molecule has 7 heteroatoms. The zero-order chi connectivity index (χ0) is 20.4. The summed E-state index contributed by atoms with van der Waals surface area (Å²) in [6.07, 6.45) is 0. The van der Waals surface area contributed by atoms with E-state index in [-0.39, 0.29) is 17.2 Å². The Bertz CT molecular complexity index is 1350. The third-order valence-electron chi connectivity index (χ3n) is 5.81. The number of fused-ring (bicyclic) bond motifs is 4. The second kappa shape index (κ2) is 5.94. The van der Waals surface area contributed by atoms with E-state index in [9.17, 15) is 18.8 Å². The first-order valence-corrected chi connectivity index (χ1v) is 9.17. The van der Waals surface area contributed by atoms with Crippen molar-refractivity contribution in [2.45, 2.75) is 5.92 Å². The summed E-state index contributed by atoms with van der Waals surface area (Å²) in [6, 6.07) is 12.9. The van der Waals surface area contributed by atoms with E-state index in [1.807, 2.05) is 12.1 Å². The third kappa shape index (κ3) is 2.27. The van der Waals surface area contributed by atoms with Crippen molar-refractivity contribution < 1.29 is 9.18 Å². The molecule has 0 N–H and O–H groups in total. The van der Waals surface area contributed by atoms with Crippen LogP contribution in [0.3, 0.4) is 0 Å². The number of aliphatic imine (C=N–C) groups is 1. The van der Waals surface area contributed by atoms with Crippen LogP contribution in [-0.4, -0.2) is 20.6 Å². The van der Waals surface area contributed by atoms with Crippen molar-refractivity contribution >= 4 is 17.3 Å². The molecule has 1 aliphatic carbocycles. The lowest BCUT2D eigenvalue weighted by Crippen LogP contribution is -2.43. The van der Waals surface area contributed by atoms with Gasteiger partial charge in [-0.3, -0.25) is 18.7 Å². The van der Waals surface area contributed by atoms with Gasteiger partial charge in [-0.15, -0.1) is 0 Å². The first-order chi connectivity index (χ1) is 13.9. The van der Waals surface area contributed by atoms with Crippen molar-refractivity contribution in [3.05, 3.63) is 97.4 Å². The Morgan fingerprint density at radius 2 is 1.52 bits per heavy atom. The maximum atomic E-state index is 13.6. The van der Waals surface area contributed by atoms with Gasteiger partial charge in [-0.05, 0) is 17.7 Å². The number of ketones is 1. The van der Waals surface area contributed by atoms with Crippen LogP contribution in [0.1, 0.15) is 33.0 Å². The number of rotatable bonds is 1. The van der Waals surface area contributed by atoms with Gasteiger partial charge in [0.05, 0.1) is 17.2 Å². The maximum Gasteiger partial charge on any atom is 0.332 e. The standard InChI is InChI=1S/C22H16FN3O3/c1-25-20-17(21(28)26(2)22(25)29)15(11-7-9-12(23)10-8-11)16-18(24-20)13-5-3-4-6-14(13)19(16)27/h3-10,15-16H,1-2H3. The Morgan fingerprint density at radius 1 is 0.862 bits per heavy atom. The molecule has 2 atom stereocenters. The Hall–Kier alpha value is -3.61. The average Bonchev–Trinajstić information content (AvgIpc) is 3.02. The lowest BCUT2D eigenvalue weighted by molar-refractivity contribution is 0.0953. The molecule has 0 saturated heterocycles. The summed E-state index contributed by atoms with van der Waals surface area (Å²) in [5.74, 6) is -1.66. The van der Waals surface area contributed by atoms with Crippen molar-refractivity contribution in [3.8, 4) is 0 Å². The number of aromatic nitrogens is 2. The van der Waals surface area contributed by atoms with Gasteiger partial charge in [0.25, 0.3) is 5.56 Å². The summed E-state index contributed by atoms with van der Waals surface area (Å²) in [6.45, 7) is 0. The number of hydrogen-bond donors (Lipinski definition) is 0. The van der Waals surface area contributed by atoms with Gasteiger partial charge >= 0.3 is 5.69 Å². The number of halogens is 1. The second-order valence-electron chi connectivity index (χ2n) is 7.36. The molecular weight excluding hydrogens is 373 g/mol. The van der Waals surface area contributed by atoms with Gasteiger partial charge in [0.2, 0.25) is 0 Å². The van der Waals surface area contributed by atoms with Crippen LogP contribution < -0.4 is 11.2 Å². The Balaban J connectivity index is 1.90. The molecule has 0 radical (unpaired) electrons. The van der Waals surface area contributed by atoms with Gasteiger partial charge in [0, 0.05) is 31.1 Å². The van der Waals surface area contributed by atoms with Crippen molar-refractivity contribution in [3.63, 3.8) is 0 Å². The summed E-state index contributed by atoms with van der Waals surface area (Å²) in [5.41, 5.74) is 1.69. The summed E-state index contributed by atoms with van der Waals surface area (Å²) in [4.78, 5) is 43.5. The molecule has 0 saturated carbocycles. The van der Waals surface area contributed by atoms with E-state index < -0.39 is 28.9 Å².